The topological polar surface area (TPSA) is 73.6 Å². The molecule has 0 spiro atoms. The highest BCUT2D eigenvalue weighted by molar-refractivity contribution is 5.77. The molecule has 1 rings (SSSR count). The zero-order chi connectivity index (χ0) is 17.5. The van der Waals surface area contributed by atoms with Gasteiger partial charge in [-0.3, -0.25) is 4.79 Å². The highest BCUT2D eigenvalue weighted by atomic mass is 19.4. The molecule has 3 N–H and O–H groups in total. The van der Waals surface area contributed by atoms with Gasteiger partial charge in [-0.05, 0) is 12.1 Å². The molecule has 0 aliphatic rings. The fraction of sp³-hybridized carbons (Fsp3) is 0.462. The number of carbonyl (C=O) groups is 1. The fourth-order valence-electron chi connectivity index (χ4n) is 1.34. The average molecular weight is 342 g/mol. The minimum Gasteiger partial charge on any atom is -0.480 e. The first kappa shape index (κ1) is 18.9. The molecule has 5 nitrogen and oxygen atoms in total. The van der Waals surface area contributed by atoms with Gasteiger partial charge in [0.1, 0.15) is 0 Å². The van der Waals surface area contributed by atoms with Crippen molar-refractivity contribution in [2.24, 2.45) is 5.73 Å². The lowest BCUT2D eigenvalue weighted by Crippen LogP contribution is -2.43. The fourth-order valence-corrected chi connectivity index (χ4v) is 1.34. The zero-order valence-corrected chi connectivity index (χ0v) is 11.8. The van der Waals surface area contributed by atoms with Gasteiger partial charge in [-0.1, -0.05) is 12.1 Å². The number of nitrogens with two attached hydrogens (primary N) is 1. The van der Waals surface area contributed by atoms with Gasteiger partial charge < -0.3 is 20.5 Å². The second-order valence-electron chi connectivity index (χ2n) is 4.48. The van der Waals surface area contributed by atoms with Crippen LogP contribution in [0.1, 0.15) is 0 Å². The monoisotopic (exact) mass is 342 g/mol. The number of ether oxygens (including phenoxy) is 2. The van der Waals surface area contributed by atoms with Crippen LogP contribution < -0.4 is 20.5 Å². The van der Waals surface area contributed by atoms with E-state index in [1.54, 1.807) is 0 Å². The molecular weight excluding hydrogens is 327 g/mol. The van der Waals surface area contributed by atoms with Crippen molar-refractivity contribution < 1.29 is 36.2 Å². The lowest BCUT2D eigenvalue weighted by atomic mass is 10.3. The minimum absolute atomic E-state index is 0.113. The molecule has 0 radical (unpaired) electrons. The first-order valence-electron chi connectivity index (χ1n) is 6.39. The Kier molecular flexibility index (Phi) is 6.55. The van der Waals surface area contributed by atoms with E-state index in [4.69, 9.17) is 10.5 Å². The Hall–Kier alpha value is -2.10. The van der Waals surface area contributed by atoms with Crippen molar-refractivity contribution in [3.05, 3.63) is 24.3 Å². The van der Waals surface area contributed by atoms with Crippen LogP contribution in [0, 0.1) is 0 Å². The summed E-state index contributed by atoms with van der Waals surface area (Å²) in [6.07, 6.45) is -4.53. The van der Waals surface area contributed by atoms with Crippen LogP contribution in [0.15, 0.2) is 24.3 Å². The molecule has 0 heterocycles. The number of halogens is 5. The van der Waals surface area contributed by atoms with Gasteiger partial charge in [-0.15, -0.1) is 0 Å². The zero-order valence-electron chi connectivity index (χ0n) is 11.8. The lowest BCUT2D eigenvalue weighted by molar-refractivity contribution is -0.153. The van der Waals surface area contributed by atoms with Crippen molar-refractivity contribution in [2.75, 3.05) is 26.3 Å². The predicted molar refractivity (Wildman–Crippen MR) is 70.5 cm³/mol. The molecule has 0 atom stereocenters. The Morgan fingerprint density at radius 1 is 1.09 bits per heavy atom. The molecule has 130 valence electrons. The normalized spacial score (nSPS) is 11.9. The molecule has 0 saturated heterocycles. The van der Waals surface area contributed by atoms with E-state index < -0.39 is 44.3 Å². The number of hydrogen-bond donors (Lipinski definition) is 2. The predicted octanol–water partition coefficient (Wildman–Crippen LogP) is 1.72. The number of benzene rings is 1. The summed E-state index contributed by atoms with van der Waals surface area (Å²) in [5.41, 5.74) is 4.80. The molecule has 0 fully saturated rings. The number of alkyl halides is 5. The Bertz CT molecular complexity index is 523. The van der Waals surface area contributed by atoms with E-state index in [1.165, 1.54) is 24.3 Å². The molecule has 10 heteroatoms. The van der Waals surface area contributed by atoms with Crippen molar-refractivity contribution in [3.63, 3.8) is 0 Å². The molecule has 0 unspecified atom stereocenters. The molecule has 0 aliphatic heterocycles. The van der Waals surface area contributed by atoms with Crippen LogP contribution in [0.5, 0.6) is 11.5 Å². The second-order valence-corrected chi connectivity index (χ2v) is 4.48. The average Bonchev–Trinajstić information content (AvgIpc) is 2.49. The first-order chi connectivity index (χ1) is 10.6. The van der Waals surface area contributed by atoms with E-state index in [-0.39, 0.29) is 11.5 Å². The summed E-state index contributed by atoms with van der Waals surface area (Å²) in [5, 5.41) is 1.91. The summed E-state index contributed by atoms with van der Waals surface area (Å²) < 4.78 is 71.6. The second kappa shape index (κ2) is 7.95. The van der Waals surface area contributed by atoms with Gasteiger partial charge in [0.15, 0.2) is 24.7 Å². The number of rotatable bonds is 8. The van der Waals surface area contributed by atoms with Crippen LogP contribution in [-0.2, 0) is 4.79 Å². The Morgan fingerprint density at radius 3 is 2.17 bits per heavy atom. The number of hydrogen-bond acceptors (Lipinski definition) is 4. The number of nitrogens with one attached hydrogen (secondary N) is 1. The van der Waals surface area contributed by atoms with Crippen molar-refractivity contribution in [1.82, 2.24) is 5.32 Å². The summed E-state index contributed by atoms with van der Waals surface area (Å²) in [5.74, 6) is -4.45. The first-order valence-corrected chi connectivity index (χ1v) is 6.39. The van der Waals surface area contributed by atoms with Gasteiger partial charge in [0.25, 0.3) is 11.8 Å². The molecular formula is C13H15F5N2O3. The van der Waals surface area contributed by atoms with Gasteiger partial charge in [-0.2, -0.15) is 13.2 Å². The van der Waals surface area contributed by atoms with Crippen LogP contribution in [0.3, 0.4) is 0 Å². The number of amides is 1. The van der Waals surface area contributed by atoms with E-state index in [1.807, 2.05) is 5.32 Å². The highest BCUT2D eigenvalue weighted by Gasteiger charge is 2.29. The molecule has 1 aromatic rings. The number of carbonyl (C=O) groups excluding carboxylic acids is 1. The van der Waals surface area contributed by atoms with Crippen LogP contribution in [0.4, 0.5) is 22.0 Å². The molecule has 0 saturated carbocycles. The Morgan fingerprint density at radius 2 is 1.65 bits per heavy atom. The molecule has 0 bridgehead atoms. The largest absolute Gasteiger partial charge is 0.480 e. The Balaban J connectivity index is 2.53. The Labute approximate surface area is 128 Å². The van der Waals surface area contributed by atoms with E-state index in [0.717, 1.165) is 0 Å². The SMILES string of the molecule is NCC(F)(F)CNC(=O)COc1ccccc1OCC(F)(F)F. The van der Waals surface area contributed by atoms with Crippen LogP contribution in [0.25, 0.3) is 0 Å². The summed E-state index contributed by atoms with van der Waals surface area (Å²) in [6, 6.07) is 5.38. The standard InChI is InChI=1S/C13H15F5N2O3/c14-12(15,6-19)7-20-11(21)5-22-9-3-1-2-4-10(9)23-8-13(16,17)18/h1-4H,5-8,19H2,(H,20,21). The molecule has 0 aliphatic carbocycles. The maximum absolute atomic E-state index is 12.8. The van der Waals surface area contributed by atoms with Crippen molar-refractivity contribution in [3.8, 4) is 11.5 Å². The summed E-state index contributed by atoms with van der Waals surface area (Å²) in [7, 11) is 0. The van der Waals surface area contributed by atoms with Gasteiger partial charge >= 0.3 is 6.18 Å². The lowest BCUT2D eigenvalue weighted by Gasteiger charge is -2.16. The number of para-hydroxylation sites is 2. The van der Waals surface area contributed by atoms with Gasteiger partial charge in [0, 0.05) is 0 Å². The van der Waals surface area contributed by atoms with Crippen molar-refractivity contribution in [1.29, 1.82) is 0 Å². The van der Waals surface area contributed by atoms with E-state index >= 15 is 0 Å². The molecule has 0 aromatic heterocycles. The third-order valence-electron chi connectivity index (χ3n) is 2.44. The maximum Gasteiger partial charge on any atom is 0.422 e. The maximum atomic E-state index is 12.8. The smallest absolute Gasteiger partial charge is 0.422 e. The van der Waals surface area contributed by atoms with Crippen LogP contribution in [-0.4, -0.2) is 44.3 Å². The molecule has 1 amide bonds. The highest BCUT2D eigenvalue weighted by Crippen LogP contribution is 2.28. The third kappa shape index (κ3) is 7.63. The van der Waals surface area contributed by atoms with Crippen molar-refractivity contribution in [2.45, 2.75) is 12.1 Å². The summed E-state index contributed by atoms with van der Waals surface area (Å²) in [4.78, 5) is 11.4. The van der Waals surface area contributed by atoms with Gasteiger partial charge in [0.2, 0.25) is 0 Å². The van der Waals surface area contributed by atoms with Gasteiger partial charge in [0.05, 0.1) is 13.1 Å². The molecule has 23 heavy (non-hydrogen) atoms. The van der Waals surface area contributed by atoms with Crippen molar-refractivity contribution >= 4 is 5.91 Å². The van der Waals surface area contributed by atoms with E-state index in [0.29, 0.717) is 0 Å². The quantitative estimate of drug-likeness (QED) is 0.706. The van der Waals surface area contributed by atoms with Gasteiger partial charge in [-0.25, -0.2) is 8.78 Å². The van der Waals surface area contributed by atoms with E-state index in [9.17, 15) is 26.7 Å². The van der Waals surface area contributed by atoms with Crippen LogP contribution in [0.2, 0.25) is 0 Å². The van der Waals surface area contributed by atoms with Crippen LogP contribution >= 0.6 is 0 Å². The summed E-state index contributed by atoms with van der Waals surface area (Å²) >= 11 is 0. The summed E-state index contributed by atoms with van der Waals surface area (Å²) in [6.45, 7) is -4.07. The third-order valence-corrected chi connectivity index (χ3v) is 2.44. The van der Waals surface area contributed by atoms with E-state index in [2.05, 4.69) is 4.74 Å². The molecule has 1 aromatic carbocycles. The minimum atomic E-state index is -4.53.